The van der Waals surface area contributed by atoms with Gasteiger partial charge in [-0.3, -0.25) is 0 Å². The predicted octanol–water partition coefficient (Wildman–Crippen LogP) is 4.23. The van der Waals surface area contributed by atoms with Crippen LogP contribution in [0.5, 0.6) is 5.75 Å². The molecule has 2 rings (SSSR count). The van der Waals surface area contributed by atoms with E-state index in [1.165, 1.54) is 0 Å². The second-order valence-corrected chi connectivity index (χ2v) is 9.19. The predicted molar refractivity (Wildman–Crippen MR) is 97.9 cm³/mol. The third-order valence-electron chi connectivity index (χ3n) is 4.62. The Morgan fingerprint density at radius 3 is 2.42 bits per heavy atom. The van der Waals surface area contributed by atoms with Crippen molar-refractivity contribution >= 4 is 10.0 Å². The van der Waals surface area contributed by atoms with Crippen molar-refractivity contribution in [2.24, 2.45) is 11.8 Å². The van der Waals surface area contributed by atoms with Crippen molar-refractivity contribution in [2.75, 3.05) is 19.7 Å². The van der Waals surface area contributed by atoms with Crippen molar-refractivity contribution in [3.63, 3.8) is 0 Å². The second-order valence-electron chi connectivity index (χ2n) is 7.25. The number of hydrogen-bond donors (Lipinski definition) is 0. The molecule has 0 aliphatic carbocycles. The lowest BCUT2D eigenvalue weighted by Crippen LogP contribution is -2.42. The van der Waals surface area contributed by atoms with Crippen LogP contribution in [0.1, 0.15) is 52.0 Å². The Morgan fingerprint density at radius 2 is 1.83 bits per heavy atom. The summed E-state index contributed by atoms with van der Waals surface area (Å²) in [5.41, 5.74) is 0.880. The molecular weight excluding hydrogens is 322 g/mol. The number of sulfonamides is 1. The smallest absolute Gasteiger partial charge is 0.243 e. The van der Waals surface area contributed by atoms with Crippen LogP contribution in [0, 0.1) is 18.8 Å². The normalized spacial score (nSPS) is 22.5. The first kappa shape index (κ1) is 19.3. The van der Waals surface area contributed by atoms with Crippen molar-refractivity contribution in [3.8, 4) is 5.75 Å². The Kier molecular flexibility index (Phi) is 6.70. The quantitative estimate of drug-likeness (QED) is 0.689. The second kappa shape index (κ2) is 8.34. The molecule has 0 unspecified atom stereocenters. The molecule has 1 aromatic rings. The number of rotatable bonds is 7. The highest BCUT2D eigenvalue weighted by Gasteiger charge is 2.31. The van der Waals surface area contributed by atoms with E-state index >= 15 is 0 Å². The molecule has 24 heavy (non-hydrogen) atoms. The van der Waals surface area contributed by atoms with Crippen LogP contribution in [-0.4, -0.2) is 32.4 Å². The van der Waals surface area contributed by atoms with E-state index in [9.17, 15) is 8.42 Å². The molecule has 0 saturated carbocycles. The van der Waals surface area contributed by atoms with Gasteiger partial charge in [-0.25, -0.2) is 8.42 Å². The minimum atomic E-state index is -3.42. The molecule has 0 bridgehead atoms. The van der Waals surface area contributed by atoms with E-state index in [2.05, 4.69) is 20.8 Å². The van der Waals surface area contributed by atoms with Gasteiger partial charge >= 0.3 is 0 Å². The van der Waals surface area contributed by atoms with Gasteiger partial charge in [-0.05, 0) is 55.4 Å². The van der Waals surface area contributed by atoms with Gasteiger partial charge in [-0.2, -0.15) is 4.31 Å². The van der Waals surface area contributed by atoms with Crippen LogP contribution in [0.4, 0.5) is 0 Å². The van der Waals surface area contributed by atoms with Crippen LogP contribution >= 0.6 is 0 Å². The Labute approximate surface area is 147 Å². The third kappa shape index (κ3) is 4.73. The Hall–Kier alpha value is -1.07. The Balaban J connectivity index is 2.12. The molecule has 4 nitrogen and oxygen atoms in total. The summed E-state index contributed by atoms with van der Waals surface area (Å²) in [7, 11) is -3.42. The molecule has 1 fully saturated rings. The molecule has 1 heterocycles. The van der Waals surface area contributed by atoms with Crippen LogP contribution in [0.2, 0.25) is 0 Å². The fourth-order valence-electron chi connectivity index (χ4n) is 3.43. The van der Waals surface area contributed by atoms with E-state index < -0.39 is 10.0 Å². The van der Waals surface area contributed by atoms with Crippen molar-refractivity contribution in [1.82, 2.24) is 4.31 Å². The van der Waals surface area contributed by atoms with Crippen LogP contribution in [0.25, 0.3) is 0 Å². The molecular formula is C19H31NO3S. The first-order chi connectivity index (χ1) is 11.3. The van der Waals surface area contributed by atoms with E-state index in [4.69, 9.17) is 4.74 Å². The highest BCUT2D eigenvalue weighted by Crippen LogP contribution is 2.29. The summed E-state index contributed by atoms with van der Waals surface area (Å²) in [5, 5.41) is 0. The molecule has 1 aliphatic rings. The number of unbranched alkanes of at least 4 members (excludes halogenated alkanes) is 2. The molecule has 0 N–H and O–H groups in total. The molecule has 0 aromatic heterocycles. The fraction of sp³-hybridized carbons (Fsp3) is 0.684. The minimum Gasteiger partial charge on any atom is -0.493 e. The number of benzene rings is 1. The maximum absolute atomic E-state index is 12.9. The van der Waals surface area contributed by atoms with Gasteiger partial charge in [-0.15, -0.1) is 0 Å². The number of hydrogen-bond acceptors (Lipinski definition) is 3. The van der Waals surface area contributed by atoms with Gasteiger partial charge in [0.15, 0.2) is 0 Å². The van der Waals surface area contributed by atoms with Gasteiger partial charge in [-0.1, -0.05) is 33.6 Å². The molecule has 136 valence electrons. The van der Waals surface area contributed by atoms with Crippen LogP contribution < -0.4 is 4.74 Å². The molecule has 2 atom stereocenters. The van der Waals surface area contributed by atoms with Crippen LogP contribution in [-0.2, 0) is 10.0 Å². The van der Waals surface area contributed by atoms with Crippen molar-refractivity contribution in [2.45, 2.75) is 58.3 Å². The highest BCUT2D eigenvalue weighted by atomic mass is 32.2. The number of ether oxygens (including phenoxy) is 1. The van der Waals surface area contributed by atoms with Crippen molar-refractivity contribution < 1.29 is 13.2 Å². The molecule has 5 heteroatoms. The SMILES string of the molecule is CCCCCOc1ccc(S(=O)(=O)N2C[C@H](C)C[C@H](C)C2)cc1C. The zero-order valence-electron chi connectivity index (χ0n) is 15.4. The zero-order valence-corrected chi connectivity index (χ0v) is 16.2. The monoisotopic (exact) mass is 353 g/mol. The maximum atomic E-state index is 12.9. The standard InChI is InChI=1S/C19H31NO3S/c1-5-6-7-10-23-19-9-8-18(12-17(19)4)24(21,22)20-13-15(2)11-16(3)14-20/h8-9,12,15-16H,5-7,10-11,13-14H2,1-4H3/t15-,16+. The molecule has 0 spiro atoms. The lowest BCUT2D eigenvalue weighted by atomic mass is 9.94. The summed E-state index contributed by atoms with van der Waals surface area (Å²) in [4.78, 5) is 0.377. The number of nitrogens with zero attached hydrogens (tertiary/aromatic N) is 1. The van der Waals surface area contributed by atoms with Gasteiger partial charge in [0.1, 0.15) is 5.75 Å². The summed E-state index contributed by atoms with van der Waals surface area (Å²) in [6.45, 7) is 10.2. The summed E-state index contributed by atoms with van der Waals surface area (Å²) >= 11 is 0. The Morgan fingerprint density at radius 1 is 1.17 bits per heavy atom. The van der Waals surface area contributed by atoms with E-state index in [0.29, 0.717) is 36.4 Å². The largest absolute Gasteiger partial charge is 0.493 e. The average Bonchev–Trinajstić information content (AvgIpc) is 2.51. The van der Waals surface area contributed by atoms with Crippen LogP contribution in [0.15, 0.2) is 23.1 Å². The summed E-state index contributed by atoms with van der Waals surface area (Å²) in [6.07, 6.45) is 4.43. The first-order valence-electron chi connectivity index (χ1n) is 9.08. The molecule has 0 radical (unpaired) electrons. The van der Waals surface area contributed by atoms with E-state index in [1.807, 2.05) is 6.92 Å². The molecule has 0 amide bonds. The van der Waals surface area contributed by atoms with Gasteiger partial charge < -0.3 is 4.74 Å². The lowest BCUT2D eigenvalue weighted by molar-refractivity contribution is 0.222. The highest BCUT2D eigenvalue weighted by molar-refractivity contribution is 7.89. The maximum Gasteiger partial charge on any atom is 0.243 e. The lowest BCUT2D eigenvalue weighted by Gasteiger charge is -2.34. The van der Waals surface area contributed by atoms with E-state index in [0.717, 1.165) is 37.0 Å². The molecule has 1 aliphatic heterocycles. The van der Waals surface area contributed by atoms with Crippen LogP contribution in [0.3, 0.4) is 0 Å². The number of piperidine rings is 1. The van der Waals surface area contributed by atoms with E-state index in [-0.39, 0.29) is 0 Å². The fourth-order valence-corrected chi connectivity index (χ4v) is 5.19. The van der Waals surface area contributed by atoms with E-state index in [1.54, 1.807) is 22.5 Å². The van der Waals surface area contributed by atoms with Gasteiger partial charge in [0, 0.05) is 13.1 Å². The molecule has 1 aromatic carbocycles. The Bertz CT molecular complexity index is 632. The average molecular weight is 354 g/mol. The van der Waals surface area contributed by atoms with Crippen molar-refractivity contribution in [3.05, 3.63) is 23.8 Å². The first-order valence-corrected chi connectivity index (χ1v) is 10.5. The van der Waals surface area contributed by atoms with Gasteiger partial charge in [0.05, 0.1) is 11.5 Å². The third-order valence-corrected chi connectivity index (χ3v) is 6.45. The summed E-state index contributed by atoms with van der Waals surface area (Å²) in [5.74, 6) is 1.60. The minimum absolute atomic E-state index is 0.377. The van der Waals surface area contributed by atoms with Gasteiger partial charge in [0.25, 0.3) is 0 Å². The topological polar surface area (TPSA) is 46.6 Å². The van der Waals surface area contributed by atoms with Crippen molar-refractivity contribution in [1.29, 1.82) is 0 Å². The molecule has 1 saturated heterocycles. The summed E-state index contributed by atoms with van der Waals surface area (Å²) in [6, 6.07) is 5.22. The number of aryl methyl sites for hydroxylation is 1. The summed E-state index contributed by atoms with van der Waals surface area (Å²) < 4.78 is 33.3. The zero-order chi connectivity index (χ0) is 17.7. The van der Waals surface area contributed by atoms with Gasteiger partial charge in [0.2, 0.25) is 10.0 Å².